The van der Waals surface area contributed by atoms with E-state index in [0.29, 0.717) is 30.3 Å². The molecule has 25 heavy (non-hydrogen) atoms. The van der Waals surface area contributed by atoms with Gasteiger partial charge in [0.15, 0.2) is 0 Å². The van der Waals surface area contributed by atoms with E-state index >= 15 is 0 Å². The molecule has 0 spiro atoms. The molecule has 0 saturated carbocycles. The maximum absolute atomic E-state index is 12.6. The lowest BCUT2D eigenvalue weighted by molar-refractivity contribution is -0.133. The van der Waals surface area contributed by atoms with Gasteiger partial charge in [0.2, 0.25) is 5.91 Å². The van der Waals surface area contributed by atoms with Gasteiger partial charge in [0.1, 0.15) is 0 Å². The van der Waals surface area contributed by atoms with Crippen molar-refractivity contribution in [3.05, 3.63) is 35.9 Å². The number of hydrogen-bond acceptors (Lipinski definition) is 3. The topological polar surface area (TPSA) is 35.6 Å². The van der Waals surface area contributed by atoms with Gasteiger partial charge < -0.3 is 10.2 Å². The lowest BCUT2D eigenvalue weighted by atomic mass is 9.95. The van der Waals surface area contributed by atoms with Crippen LogP contribution < -0.4 is 5.32 Å². The average molecular weight is 344 g/mol. The van der Waals surface area contributed by atoms with Crippen LogP contribution in [0.15, 0.2) is 30.3 Å². The maximum atomic E-state index is 12.6. The predicted molar refractivity (Wildman–Crippen MR) is 102 cm³/mol. The van der Waals surface area contributed by atoms with Crippen molar-refractivity contribution in [2.75, 3.05) is 26.7 Å². The number of piperidine rings is 1. The Morgan fingerprint density at radius 2 is 2.08 bits per heavy atom. The zero-order valence-electron chi connectivity index (χ0n) is 15.8. The molecule has 0 radical (unpaired) electrons. The molecule has 0 aromatic heterocycles. The van der Waals surface area contributed by atoms with E-state index in [9.17, 15) is 4.79 Å². The number of hydrogen-bond donors (Lipinski definition) is 1. The molecule has 3 unspecified atom stereocenters. The number of carbonyl (C=O) groups is 1. The Kier molecular flexibility index (Phi) is 6.49. The van der Waals surface area contributed by atoms with Crippen molar-refractivity contribution >= 4 is 5.91 Å². The molecule has 1 N–H and O–H groups in total. The Morgan fingerprint density at radius 1 is 1.28 bits per heavy atom. The fourth-order valence-electron chi connectivity index (χ4n) is 4.27. The van der Waals surface area contributed by atoms with E-state index in [1.54, 1.807) is 0 Å². The minimum Gasteiger partial charge on any atom is -0.343 e. The van der Waals surface area contributed by atoms with Crippen LogP contribution in [0.4, 0.5) is 0 Å². The third-order valence-corrected chi connectivity index (χ3v) is 6.08. The SMILES string of the molecule is CC1CC(N(C)C(=O)CCC2CCNC2)CCN1Cc1ccccc1. The highest BCUT2D eigenvalue weighted by atomic mass is 16.2. The molecule has 2 heterocycles. The van der Waals surface area contributed by atoms with Crippen molar-refractivity contribution in [3.63, 3.8) is 0 Å². The van der Waals surface area contributed by atoms with Gasteiger partial charge in [-0.05, 0) is 57.2 Å². The molecule has 3 atom stereocenters. The first-order valence-electron chi connectivity index (χ1n) is 9.88. The Hall–Kier alpha value is -1.39. The van der Waals surface area contributed by atoms with Gasteiger partial charge in [0.05, 0.1) is 0 Å². The molecular formula is C21H33N3O. The number of benzene rings is 1. The summed E-state index contributed by atoms with van der Waals surface area (Å²) in [5.74, 6) is 1.03. The highest BCUT2D eigenvalue weighted by molar-refractivity contribution is 5.76. The Morgan fingerprint density at radius 3 is 2.76 bits per heavy atom. The first kappa shape index (κ1) is 18.4. The zero-order valence-corrected chi connectivity index (χ0v) is 15.8. The first-order valence-corrected chi connectivity index (χ1v) is 9.88. The van der Waals surface area contributed by atoms with Crippen molar-refractivity contribution in [1.29, 1.82) is 0 Å². The summed E-state index contributed by atoms with van der Waals surface area (Å²) in [7, 11) is 2.01. The van der Waals surface area contributed by atoms with Gasteiger partial charge in [-0.2, -0.15) is 0 Å². The van der Waals surface area contributed by atoms with Crippen LogP contribution in [0.2, 0.25) is 0 Å². The summed E-state index contributed by atoms with van der Waals surface area (Å²) in [5, 5.41) is 3.39. The second kappa shape index (κ2) is 8.81. The molecule has 2 aliphatic heterocycles. The van der Waals surface area contributed by atoms with Crippen LogP contribution in [0.5, 0.6) is 0 Å². The quantitative estimate of drug-likeness (QED) is 0.863. The number of carbonyl (C=O) groups excluding carboxylic acids is 1. The molecule has 1 amide bonds. The molecule has 2 saturated heterocycles. The Balaban J connectivity index is 1.45. The van der Waals surface area contributed by atoms with E-state index in [2.05, 4.69) is 47.5 Å². The van der Waals surface area contributed by atoms with Crippen LogP contribution >= 0.6 is 0 Å². The summed E-state index contributed by atoms with van der Waals surface area (Å²) >= 11 is 0. The largest absolute Gasteiger partial charge is 0.343 e. The van der Waals surface area contributed by atoms with Crippen molar-refractivity contribution in [1.82, 2.24) is 15.1 Å². The van der Waals surface area contributed by atoms with Crippen LogP contribution in [0.25, 0.3) is 0 Å². The number of amides is 1. The lowest BCUT2D eigenvalue weighted by Gasteiger charge is -2.41. The fourth-order valence-corrected chi connectivity index (χ4v) is 4.27. The zero-order chi connectivity index (χ0) is 17.6. The summed E-state index contributed by atoms with van der Waals surface area (Å²) < 4.78 is 0. The summed E-state index contributed by atoms with van der Waals surface area (Å²) in [5.41, 5.74) is 1.38. The van der Waals surface area contributed by atoms with Crippen molar-refractivity contribution < 1.29 is 4.79 Å². The molecular weight excluding hydrogens is 310 g/mol. The van der Waals surface area contributed by atoms with Gasteiger partial charge in [0.25, 0.3) is 0 Å². The summed E-state index contributed by atoms with van der Waals surface area (Å²) in [4.78, 5) is 17.2. The van der Waals surface area contributed by atoms with E-state index in [0.717, 1.165) is 45.4 Å². The lowest BCUT2D eigenvalue weighted by Crippen LogP contribution is -2.49. The third-order valence-electron chi connectivity index (χ3n) is 6.08. The van der Waals surface area contributed by atoms with E-state index in [1.807, 2.05) is 11.9 Å². The average Bonchev–Trinajstić information content (AvgIpc) is 3.15. The molecule has 4 nitrogen and oxygen atoms in total. The van der Waals surface area contributed by atoms with Gasteiger partial charge >= 0.3 is 0 Å². The van der Waals surface area contributed by atoms with E-state index in [4.69, 9.17) is 0 Å². The van der Waals surface area contributed by atoms with Crippen LogP contribution in [-0.4, -0.2) is 54.5 Å². The van der Waals surface area contributed by atoms with E-state index < -0.39 is 0 Å². The summed E-state index contributed by atoms with van der Waals surface area (Å²) in [6.45, 7) is 6.60. The molecule has 4 heteroatoms. The second-order valence-corrected chi connectivity index (χ2v) is 7.89. The summed E-state index contributed by atoms with van der Waals surface area (Å²) in [6, 6.07) is 11.6. The van der Waals surface area contributed by atoms with Crippen LogP contribution in [0, 0.1) is 5.92 Å². The first-order chi connectivity index (χ1) is 12.1. The normalized spacial score (nSPS) is 27.4. The molecule has 2 fully saturated rings. The van der Waals surface area contributed by atoms with Crippen LogP contribution in [-0.2, 0) is 11.3 Å². The van der Waals surface area contributed by atoms with E-state index in [1.165, 1.54) is 12.0 Å². The van der Waals surface area contributed by atoms with Gasteiger partial charge in [-0.25, -0.2) is 0 Å². The van der Waals surface area contributed by atoms with Crippen molar-refractivity contribution in [2.45, 2.75) is 57.7 Å². The van der Waals surface area contributed by atoms with Gasteiger partial charge in [-0.1, -0.05) is 30.3 Å². The van der Waals surface area contributed by atoms with Gasteiger partial charge in [-0.3, -0.25) is 9.69 Å². The highest BCUT2D eigenvalue weighted by Gasteiger charge is 2.30. The number of nitrogens with one attached hydrogen (secondary N) is 1. The molecule has 0 bridgehead atoms. The number of rotatable bonds is 6. The van der Waals surface area contributed by atoms with Gasteiger partial charge in [0, 0.05) is 38.6 Å². The molecule has 1 aromatic rings. The number of nitrogens with zero attached hydrogens (tertiary/aromatic N) is 2. The Bertz CT molecular complexity index is 541. The van der Waals surface area contributed by atoms with E-state index in [-0.39, 0.29) is 0 Å². The Labute approximate surface area is 152 Å². The minimum absolute atomic E-state index is 0.334. The number of likely N-dealkylation sites (tertiary alicyclic amines) is 1. The van der Waals surface area contributed by atoms with Gasteiger partial charge in [-0.15, -0.1) is 0 Å². The molecule has 2 aliphatic rings. The summed E-state index contributed by atoms with van der Waals surface area (Å²) in [6.07, 6.45) is 5.15. The van der Waals surface area contributed by atoms with Crippen LogP contribution in [0.1, 0.15) is 44.6 Å². The predicted octanol–water partition coefficient (Wildman–Crippen LogP) is 2.89. The third kappa shape index (κ3) is 5.05. The van der Waals surface area contributed by atoms with Crippen molar-refractivity contribution in [2.24, 2.45) is 5.92 Å². The highest BCUT2D eigenvalue weighted by Crippen LogP contribution is 2.24. The standard InChI is InChI=1S/C21H33N3O/c1-17-14-20(11-13-24(17)16-19-6-4-3-5-7-19)23(2)21(25)9-8-18-10-12-22-15-18/h3-7,17-18,20,22H,8-16H2,1-2H3. The second-order valence-electron chi connectivity index (χ2n) is 7.89. The molecule has 1 aromatic carbocycles. The smallest absolute Gasteiger partial charge is 0.222 e. The fraction of sp³-hybridized carbons (Fsp3) is 0.667. The molecule has 0 aliphatic carbocycles. The van der Waals surface area contributed by atoms with Crippen LogP contribution in [0.3, 0.4) is 0 Å². The molecule has 3 rings (SSSR count). The molecule has 138 valence electrons. The van der Waals surface area contributed by atoms with Crippen molar-refractivity contribution in [3.8, 4) is 0 Å². The monoisotopic (exact) mass is 343 g/mol. The maximum Gasteiger partial charge on any atom is 0.222 e. The minimum atomic E-state index is 0.334.